The molecule has 6 heteroatoms. The van der Waals surface area contributed by atoms with Gasteiger partial charge in [0.05, 0.1) is 9.40 Å². The van der Waals surface area contributed by atoms with Crippen LogP contribution in [0.25, 0.3) is 0 Å². The maximum absolute atomic E-state index is 11.0. The lowest BCUT2D eigenvalue weighted by Gasteiger charge is -2.37. The fraction of sp³-hybridized carbons (Fsp3) is 0.571. The molecule has 108 valence electrons. The van der Waals surface area contributed by atoms with Crippen LogP contribution in [0.2, 0.25) is 0 Å². The molecule has 0 aromatic heterocycles. The average molecular weight is 340 g/mol. The number of rotatable bonds is 3. The minimum atomic E-state index is -0.331. The molecule has 2 aliphatic heterocycles. The lowest BCUT2D eigenvalue weighted by molar-refractivity contribution is -0.385. The maximum Gasteiger partial charge on any atom is 0.283 e. The summed E-state index contributed by atoms with van der Waals surface area (Å²) < 4.78 is 0.624. The summed E-state index contributed by atoms with van der Waals surface area (Å²) in [6, 6.07) is 5.96. The Kier molecular flexibility index (Phi) is 4.05. The van der Waals surface area contributed by atoms with Gasteiger partial charge in [-0.1, -0.05) is 12.1 Å². The van der Waals surface area contributed by atoms with Gasteiger partial charge in [-0.15, -0.1) is 0 Å². The minimum Gasteiger partial charge on any atom is -0.298 e. The van der Waals surface area contributed by atoms with E-state index >= 15 is 0 Å². The molecule has 1 atom stereocenters. The lowest BCUT2D eigenvalue weighted by atomic mass is 10.1. The van der Waals surface area contributed by atoms with Crippen molar-refractivity contribution in [1.82, 2.24) is 9.80 Å². The third-order valence-electron chi connectivity index (χ3n) is 4.32. The van der Waals surface area contributed by atoms with Gasteiger partial charge in [0.1, 0.15) is 0 Å². The van der Waals surface area contributed by atoms with Crippen molar-refractivity contribution in [2.45, 2.75) is 25.4 Å². The molecular formula is C14H18BrN3O2. The normalized spacial score (nSPS) is 23.8. The van der Waals surface area contributed by atoms with Gasteiger partial charge >= 0.3 is 0 Å². The molecule has 2 fully saturated rings. The number of hydrogen-bond acceptors (Lipinski definition) is 4. The van der Waals surface area contributed by atoms with Gasteiger partial charge < -0.3 is 0 Å². The Bertz CT molecular complexity index is 523. The smallest absolute Gasteiger partial charge is 0.283 e. The summed E-state index contributed by atoms with van der Waals surface area (Å²) in [5, 5.41) is 11.0. The zero-order valence-corrected chi connectivity index (χ0v) is 12.9. The van der Waals surface area contributed by atoms with Crippen LogP contribution in [-0.4, -0.2) is 46.9 Å². The van der Waals surface area contributed by atoms with Crippen LogP contribution in [0, 0.1) is 10.1 Å². The Morgan fingerprint density at radius 2 is 2.20 bits per heavy atom. The number of fused-ring (bicyclic) bond motifs is 1. The van der Waals surface area contributed by atoms with E-state index in [1.54, 1.807) is 12.1 Å². The van der Waals surface area contributed by atoms with E-state index in [0.717, 1.165) is 31.7 Å². The van der Waals surface area contributed by atoms with Crippen molar-refractivity contribution in [2.75, 3.05) is 26.2 Å². The highest BCUT2D eigenvalue weighted by Gasteiger charge is 2.30. The molecule has 0 aliphatic carbocycles. The van der Waals surface area contributed by atoms with Crippen LogP contribution in [0.5, 0.6) is 0 Å². The van der Waals surface area contributed by atoms with Crippen LogP contribution in [0.15, 0.2) is 22.7 Å². The van der Waals surface area contributed by atoms with E-state index in [-0.39, 0.29) is 10.6 Å². The summed E-state index contributed by atoms with van der Waals surface area (Å²) in [5.41, 5.74) is 1.16. The predicted octanol–water partition coefficient (Wildman–Crippen LogP) is 2.64. The summed E-state index contributed by atoms with van der Waals surface area (Å²) in [6.45, 7) is 5.27. The van der Waals surface area contributed by atoms with E-state index in [9.17, 15) is 10.1 Å². The molecule has 1 aromatic rings. The molecule has 5 nitrogen and oxygen atoms in total. The molecule has 0 bridgehead atoms. The van der Waals surface area contributed by atoms with E-state index in [0.29, 0.717) is 10.5 Å². The molecule has 1 aromatic carbocycles. The van der Waals surface area contributed by atoms with E-state index < -0.39 is 0 Å². The van der Waals surface area contributed by atoms with E-state index in [1.165, 1.54) is 19.4 Å². The second kappa shape index (κ2) is 5.79. The summed E-state index contributed by atoms with van der Waals surface area (Å²) in [6.07, 6.45) is 2.59. The predicted molar refractivity (Wildman–Crippen MR) is 80.7 cm³/mol. The van der Waals surface area contributed by atoms with Crippen LogP contribution in [0.4, 0.5) is 5.69 Å². The van der Waals surface area contributed by atoms with Crippen molar-refractivity contribution in [2.24, 2.45) is 0 Å². The molecule has 2 aliphatic rings. The zero-order valence-electron chi connectivity index (χ0n) is 11.3. The van der Waals surface area contributed by atoms with Gasteiger partial charge in [0.25, 0.3) is 5.69 Å². The van der Waals surface area contributed by atoms with Crippen molar-refractivity contribution in [1.29, 1.82) is 0 Å². The van der Waals surface area contributed by atoms with E-state index in [1.807, 2.05) is 6.07 Å². The van der Waals surface area contributed by atoms with Gasteiger partial charge in [0.2, 0.25) is 0 Å². The number of benzene rings is 1. The molecule has 2 heterocycles. The number of nitro groups is 1. The highest BCUT2D eigenvalue weighted by molar-refractivity contribution is 9.10. The van der Waals surface area contributed by atoms with Gasteiger partial charge in [-0.3, -0.25) is 19.9 Å². The van der Waals surface area contributed by atoms with E-state index in [4.69, 9.17) is 0 Å². The summed E-state index contributed by atoms with van der Waals surface area (Å²) in [4.78, 5) is 15.6. The molecule has 1 unspecified atom stereocenters. The number of halogens is 1. The van der Waals surface area contributed by atoms with Crippen LogP contribution in [0.3, 0.4) is 0 Å². The van der Waals surface area contributed by atoms with Gasteiger partial charge in [-0.05, 0) is 40.9 Å². The Morgan fingerprint density at radius 3 is 3.00 bits per heavy atom. The average Bonchev–Trinajstić information content (AvgIpc) is 2.88. The standard InChI is InChI=1S/C14H18BrN3O2/c15-14-11(3-1-5-13(14)18(19)20)9-16-7-8-17-6-2-4-12(17)10-16/h1,3,5,12H,2,4,6-10H2. The van der Waals surface area contributed by atoms with Crippen LogP contribution < -0.4 is 0 Å². The van der Waals surface area contributed by atoms with Crippen molar-refractivity contribution in [3.63, 3.8) is 0 Å². The summed E-state index contributed by atoms with van der Waals surface area (Å²) in [5.74, 6) is 0. The molecule has 0 spiro atoms. The summed E-state index contributed by atoms with van der Waals surface area (Å²) >= 11 is 3.39. The molecule has 0 saturated carbocycles. The second-order valence-corrected chi connectivity index (χ2v) is 6.37. The maximum atomic E-state index is 11.0. The number of nitrogens with zero attached hydrogens (tertiary/aromatic N) is 3. The van der Waals surface area contributed by atoms with Crippen molar-refractivity contribution < 1.29 is 4.92 Å². The molecule has 0 amide bonds. The fourth-order valence-electron chi connectivity index (χ4n) is 3.27. The molecule has 0 N–H and O–H groups in total. The number of nitro benzene ring substituents is 1. The first-order valence-electron chi connectivity index (χ1n) is 7.03. The van der Waals surface area contributed by atoms with Crippen LogP contribution in [-0.2, 0) is 6.54 Å². The third-order valence-corrected chi connectivity index (χ3v) is 5.24. The Morgan fingerprint density at radius 1 is 1.35 bits per heavy atom. The van der Waals surface area contributed by atoms with Crippen molar-refractivity contribution >= 4 is 21.6 Å². The van der Waals surface area contributed by atoms with Crippen LogP contribution >= 0.6 is 15.9 Å². The Balaban J connectivity index is 1.72. The van der Waals surface area contributed by atoms with Gasteiger partial charge in [-0.2, -0.15) is 0 Å². The fourth-order valence-corrected chi connectivity index (χ4v) is 3.80. The zero-order chi connectivity index (χ0) is 14.1. The highest BCUT2D eigenvalue weighted by Crippen LogP contribution is 2.30. The van der Waals surface area contributed by atoms with Gasteiger partial charge in [-0.25, -0.2) is 0 Å². The number of piperazine rings is 1. The number of hydrogen-bond donors (Lipinski definition) is 0. The quantitative estimate of drug-likeness (QED) is 0.627. The lowest BCUT2D eigenvalue weighted by Crippen LogP contribution is -2.49. The van der Waals surface area contributed by atoms with Crippen molar-refractivity contribution in [3.8, 4) is 0 Å². The summed E-state index contributed by atoms with van der Waals surface area (Å²) in [7, 11) is 0. The van der Waals surface area contributed by atoms with Gasteiger partial charge in [0, 0.05) is 38.3 Å². The van der Waals surface area contributed by atoms with Gasteiger partial charge in [0.15, 0.2) is 0 Å². The molecular weight excluding hydrogens is 322 g/mol. The van der Waals surface area contributed by atoms with Crippen LogP contribution in [0.1, 0.15) is 18.4 Å². The first-order chi connectivity index (χ1) is 9.65. The second-order valence-electron chi connectivity index (χ2n) is 5.57. The molecule has 0 radical (unpaired) electrons. The topological polar surface area (TPSA) is 49.6 Å². The van der Waals surface area contributed by atoms with Crippen molar-refractivity contribution in [3.05, 3.63) is 38.3 Å². The minimum absolute atomic E-state index is 0.155. The first-order valence-corrected chi connectivity index (χ1v) is 7.82. The Hall–Kier alpha value is -0.980. The molecule has 3 rings (SSSR count). The molecule has 2 saturated heterocycles. The largest absolute Gasteiger partial charge is 0.298 e. The first kappa shape index (κ1) is 14.0. The highest BCUT2D eigenvalue weighted by atomic mass is 79.9. The third kappa shape index (κ3) is 2.73. The monoisotopic (exact) mass is 339 g/mol. The molecule has 20 heavy (non-hydrogen) atoms. The Labute approximate surface area is 126 Å². The SMILES string of the molecule is O=[N+]([O-])c1cccc(CN2CCN3CCCC3C2)c1Br. The van der Waals surface area contributed by atoms with E-state index in [2.05, 4.69) is 25.7 Å².